The van der Waals surface area contributed by atoms with Crippen LogP contribution in [0.1, 0.15) is 12.7 Å². The minimum atomic E-state index is 0.468. The van der Waals surface area contributed by atoms with Crippen LogP contribution in [0.4, 0.5) is 5.69 Å². The lowest BCUT2D eigenvalue weighted by Crippen LogP contribution is -1.91. The van der Waals surface area contributed by atoms with Crippen LogP contribution in [-0.2, 0) is 5.75 Å². The van der Waals surface area contributed by atoms with Gasteiger partial charge in [0, 0.05) is 4.47 Å². The Morgan fingerprint density at radius 1 is 1.47 bits per heavy atom. The molecule has 0 fully saturated rings. The van der Waals surface area contributed by atoms with Crippen LogP contribution in [0.2, 0.25) is 0 Å². The van der Waals surface area contributed by atoms with Gasteiger partial charge in [-0.05, 0) is 33.8 Å². The summed E-state index contributed by atoms with van der Waals surface area (Å²) in [5, 5.41) is 3.92. The maximum atomic E-state index is 5.94. The molecule has 17 heavy (non-hydrogen) atoms. The molecule has 4 nitrogen and oxygen atoms in total. The summed E-state index contributed by atoms with van der Waals surface area (Å²) in [5.41, 5.74) is 7.32. The minimum absolute atomic E-state index is 0.468. The lowest BCUT2D eigenvalue weighted by atomic mass is 10.2. The highest BCUT2D eigenvalue weighted by Crippen LogP contribution is 2.30. The third kappa shape index (κ3) is 2.81. The van der Waals surface area contributed by atoms with Gasteiger partial charge in [-0.3, -0.25) is 0 Å². The zero-order chi connectivity index (χ0) is 12.3. The second kappa shape index (κ2) is 5.55. The van der Waals surface area contributed by atoms with Crippen LogP contribution < -0.4 is 5.73 Å². The first-order valence-electron chi connectivity index (χ1n) is 5.17. The molecule has 1 aromatic heterocycles. The molecule has 0 spiro atoms. The number of hydrogen-bond acceptors (Lipinski definition) is 5. The lowest BCUT2D eigenvalue weighted by Gasteiger charge is -2.01. The van der Waals surface area contributed by atoms with Gasteiger partial charge in [0.1, 0.15) is 0 Å². The molecule has 0 radical (unpaired) electrons. The molecule has 0 amide bonds. The Labute approximate surface area is 112 Å². The Kier molecular flexibility index (Phi) is 4.06. The van der Waals surface area contributed by atoms with Crippen LogP contribution in [0.3, 0.4) is 0 Å². The van der Waals surface area contributed by atoms with Gasteiger partial charge in [-0.25, -0.2) is 0 Å². The van der Waals surface area contributed by atoms with E-state index in [1.165, 1.54) is 0 Å². The molecule has 0 atom stereocenters. The zero-order valence-corrected chi connectivity index (χ0v) is 11.7. The lowest BCUT2D eigenvalue weighted by molar-refractivity contribution is 0.425. The van der Waals surface area contributed by atoms with Gasteiger partial charge < -0.3 is 10.3 Å². The van der Waals surface area contributed by atoms with Crippen molar-refractivity contribution >= 4 is 33.4 Å². The van der Waals surface area contributed by atoms with Crippen LogP contribution >= 0.6 is 27.7 Å². The Bertz CT molecular complexity index is 515. The van der Waals surface area contributed by atoms with E-state index < -0.39 is 0 Å². The predicted octanol–water partition coefficient (Wildman–Crippen LogP) is 3.33. The van der Waals surface area contributed by atoms with Gasteiger partial charge in [0.2, 0.25) is 0 Å². The molecule has 1 aromatic carbocycles. The van der Waals surface area contributed by atoms with Crippen molar-refractivity contribution < 1.29 is 4.52 Å². The van der Waals surface area contributed by atoms with Crippen molar-refractivity contribution in [3.05, 3.63) is 28.5 Å². The second-order valence-corrected chi connectivity index (χ2v) is 5.48. The van der Waals surface area contributed by atoms with Crippen molar-refractivity contribution in [3.8, 4) is 11.5 Å². The number of para-hydroxylation sites is 1. The van der Waals surface area contributed by atoms with E-state index in [0.29, 0.717) is 17.4 Å². The first-order valence-corrected chi connectivity index (χ1v) is 7.11. The van der Waals surface area contributed by atoms with E-state index in [1.807, 2.05) is 18.2 Å². The van der Waals surface area contributed by atoms with Crippen LogP contribution in [0.15, 0.2) is 27.2 Å². The van der Waals surface area contributed by atoms with E-state index in [-0.39, 0.29) is 0 Å². The molecule has 2 aromatic rings. The molecule has 0 saturated carbocycles. The third-order valence-corrected chi connectivity index (χ3v) is 3.75. The Morgan fingerprint density at radius 3 is 3.06 bits per heavy atom. The molecule has 2 rings (SSSR count). The summed E-state index contributed by atoms with van der Waals surface area (Å²) < 4.78 is 6.04. The zero-order valence-electron chi connectivity index (χ0n) is 9.31. The van der Waals surface area contributed by atoms with E-state index in [9.17, 15) is 0 Å². The van der Waals surface area contributed by atoms with Gasteiger partial charge in [0.25, 0.3) is 5.89 Å². The monoisotopic (exact) mass is 313 g/mol. The fourth-order valence-corrected chi connectivity index (χ4v) is 2.21. The van der Waals surface area contributed by atoms with E-state index >= 15 is 0 Å². The van der Waals surface area contributed by atoms with E-state index in [1.54, 1.807) is 11.8 Å². The number of halogens is 1. The third-order valence-electron chi connectivity index (χ3n) is 2.19. The van der Waals surface area contributed by atoms with Crippen molar-refractivity contribution in [2.24, 2.45) is 0 Å². The van der Waals surface area contributed by atoms with Gasteiger partial charge >= 0.3 is 0 Å². The standard InChI is InChI=1S/C11H12BrN3OS/c1-2-17-6-9-14-11(16-15-9)7-4-3-5-8(12)10(7)13/h3-5H,2,6,13H2,1H3. The molecule has 0 saturated heterocycles. The summed E-state index contributed by atoms with van der Waals surface area (Å²) in [6.07, 6.45) is 0. The minimum Gasteiger partial charge on any atom is -0.397 e. The highest BCUT2D eigenvalue weighted by molar-refractivity contribution is 9.10. The van der Waals surface area contributed by atoms with Gasteiger partial charge in [0.15, 0.2) is 5.82 Å². The number of nitrogens with zero attached hydrogens (tertiary/aromatic N) is 2. The van der Waals surface area contributed by atoms with Gasteiger partial charge in [0.05, 0.1) is 17.0 Å². The summed E-state index contributed by atoms with van der Waals surface area (Å²) in [6, 6.07) is 5.63. The molecule has 6 heteroatoms. The molecule has 0 aliphatic rings. The average Bonchev–Trinajstić information content (AvgIpc) is 2.78. The van der Waals surface area contributed by atoms with Crippen molar-refractivity contribution in [3.63, 3.8) is 0 Å². The van der Waals surface area contributed by atoms with Crippen molar-refractivity contribution in [1.29, 1.82) is 0 Å². The second-order valence-electron chi connectivity index (χ2n) is 3.35. The van der Waals surface area contributed by atoms with Gasteiger partial charge in [-0.15, -0.1) is 0 Å². The molecule has 2 N–H and O–H groups in total. The number of nitrogens with two attached hydrogens (primary N) is 1. The summed E-state index contributed by atoms with van der Waals surface area (Å²) in [5.74, 6) is 2.96. The predicted molar refractivity (Wildman–Crippen MR) is 73.7 cm³/mol. The summed E-state index contributed by atoms with van der Waals surface area (Å²) in [4.78, 5) is 4.32. The van der Waals surface area contributed by atoms with E-state index in [4.69, 9.17) is 10.3 Å². The smallest absolute Gasteiger partial charge is 0.260 e. The highest BCUT2D eigenvalue weighted by atomic mass is 79.9. The van der Waals surface area contributed by atoms with Crippen molar-refractivity contribution in [2.45, 2.75) is 12.7 Å². The van der Waals surface area contributed by atoms with Gasteiger partial charge in [-0.1, -0.05) is 18.1 Å². The number of hydrogen-bond donors (Lipinski definition) is 1. The summed E-state index contributed by atoms with van der Waals surface area (Å²) >= 11 is 5.12. The summed E-state index contributed by atoms with van der Waals surface area (Å²) in [7, 11) is 0. The van der Waals surface area contributed by atoms with Crippen molar-refractivity contribution in [1.82, 2.24) is 10.1 Å². The Balaban J connectivity index is 2.27. The fraction of sp³-hybridized carbons (Fsp3) is 0.273. The SMILES string of the molecule is CCSCc1noc(-c2cccc(Br)c2N)n1. The van der Waals surface area contributed by atoms with Crippen LogP contribution in [0.25, 0.3) is 11.5 Å². The van der Waals surface area contributed by atoms with Gasteiger partial charge in [-0.2, -0.15) is 16.7 Å². The maximum Gasteiger partial charge on any atom is 0.260 e. The maximum absolute atomic E-state index is 5.94. The fourth-order valence-electron chi connectivity index (χ4n) is 1.34. The average molecular weight is 314 g/mol. The molecular formula is C11H12BrN3OS. The molecule has 1 heterocycles. The van der Waals surface area contributed by atoms with Crippen LogP contribution in [-0.4, -0.2) is 15.9 Å². The quantitative estimate of drug-likeness (QED) is 0.877. The Hall–Kier alpha value is -1.01. The van der Waals surface area contributed by atoms with Crippen LogP contribution in [0.5, 0.6) is 0 Å². The summed E-state index contributed by atoms with van der Waals surface area (Å²) in [6.45, 7) is 2.10. The number of benzene rings is 1. The first kappa shape index (κ1) is 12.4. The molecule has 0 bridgehead atoms. The van der Waals surface area contributed by atoms with E-state index in [2.05, 4.69) is 33.0 Å². The number of rotatable bonds is 4. The number of thioether (sulfide) groups is 1. The normalized spacial score (nSPS) is 10.7. The van der Waals surface area contributed by atoms with E-state index in [0.717, 1.165) is 21.5 Å². The van der Waals surface area contributed by atoms with Crippen molar-refractivity contribution in [2.75, 3.05) is 11.5 Å². The number of anilines is 1. The first-order chi connectivity index (χ1) is 8.22. The molecule has 0 aliphatic heterocycles. The topological polar surface area (TPSA) is 64.9 Å². The Morgan fingerprint density at radius 2 is 2.29 bits per heavy atom. The number of aromatic nitrogens is 2. The largest absolute Gasteiger partial charge is 0.397 e. The molecule has 0 unspecified atom stereocenters. The number of nitrogen functional groups attached to an aromatic ring is 1. The molecular weight excluding hydrogens is 302 g/mol. The van der Waals surface area contributed by atoms with Crippen LogP contribution in [0, 0.1) is 0 Å². The molecule has 0 aliphatic carbocycles. The highest BCUT2D eigenvalue weighted by Gasteiger charge is 2.12. The molecule has 90 valence electrons.